The minimum absolute atomic E-state index is 0.195. The molecule has 0 aliphatic carbocycles. The van der Waals surface area contributed by atoms with Crippen molar-refractivity contribution in [3.8, 4) is 0 Å². The Balaban J connectivity index is 3.96. The Morgan fingerprint density at radius 3 is 2.19 bits per heavy atom. The fourth-order valence-corrected chi connectivity index (χ4v) is 1.74. The van der Waals surface area contributed by atoms with Crippen LogP contribution in [0.25, 0.3) is 0 Å². The van der Waals surface area contributed by atoms with E-state index in [1.54, 1.807) is 0 Å². The predicted molar refractivity (Wildman–Crippen MR) is 70.4 cm³/mol. The fraction of sp³-hybridized carbons (Fsp3) is 0.786. The molecule has 0 aliphatic heterocycles. The first-order valence-electron chi connectivity index (χ1n) is 6.63. The second kappa shape index (κ2) is 9.44. The van der Waals surface area contributed by atoms with Gasteiger partial charge in [-0.15, -0.1) is 0 Å². The molecule has 0 aromatic heterocycles. The zero-order valence-electron chi connectivity index (χ0n) is 11.4. The smallest absolute Gasteiger partial charge is 0.249 e. The number of rotatable bonds is 8. The molecule has 0 saturated heterocycles. The number of unbranched alkanes of at least 4 members (excludes halogenated alkanes) is 4. The van der Waals surface area contributed by atoms with E-state index in [4.69, 9.17) is 0 Å². The molecule has 0 unspecified atom stereocenters. The van der Waals surface area contributed by atoms with E-state index in [0.29, 0.717) is 0 Å². The average Bonchev–Trinajstić information content (AvgIpc) is 2.30. The van der Waals surface area contributed by atoms with E-state index in [0.717, 1.165) is 25.1 Å². The molecule has 0 spiro atoms. The minimum atomic E-state index is 0.195. The van der Waals surface area contributed by atoms with Gasteiger partial charge in [-0.3, -0.25) is 4.79 Å². The highest BCUT2D eigenvalue weighted by atomic mass is 16.2. The first kappa shape index (κ1) is 15.2. The third kappa shape index (κ3) is 5.94. The lowest BCUT2D eigenvalue weighted by Gasteiger charge is -2.18. The molecule has 0 radical (unpaired) electrons. The monoisotopic (exact) mass is 225 g/mol. The van der Waals surface area contributed by atoms with Crippen LogP contribution in [-0.2, 0) is 4.79 Å². The molecule has 0 fully saturated rings. The van der Waals surface area contributed by atoms with Crippen LogP contribution in [0.1, 0.15) is 59.8 Å². The maximum atomic E-state index is 11.9. The number of carbonyl (C=O) groups excluding carboxylic acids is 1. The van der Waals surface area contributed by atoms with Gasteiger partial charge in [-0.05, 0) is 33.6 Å². The van der Waals surface area contributed by atoms with Crippen molar-refractivity contribution in [2.24, 2.45) is 0 Å². The molecule has 2 heteroatoms. The van der Waals surface area contributed by atoms with Gasteiger partial charge in [0.25, 0.3) is 0 Å². The first-order chi connectivity index (χ1) is 7.67. The van der Waals surface area contributed by atoms with Crippen molar-refractivity contribution in [3.63, 3.8) is 0 Å². The maximum Gasteiger partial charge on any atom is 0.249 e. The van der Waals surface area contributed by atoms with Gasteiger partial charge >= 0.3 is 0 Å². The summed E-state index contributed by atoms with van der Waals surface area (Å²) in [5.41, 5.74) is 0.903. The molecular formula is C14H27NO. The Morgan fingerprint density at radius 1 is 1.06 bits per heavy atom. The van der Waals surface area contributed by atoms with Crippen LogP contribution >= 0.6 is 0 Å². The largest absolute Gasteiger partial charge is 0.340 e. The van der Waals surface area contributed by atoms with Crippen molar-refractivity contribution in [2.45, 2.75) is 59.8 Å². The van der Waals surface area contributed by atoms with Gasteiger partial charge in [-0.25, -0.2) is 0 Å². The molecule has 0 bridgehead atoms. The van der Waals surface area contributed by atoms with Gasteiger partial charge in [0.2, 0.25) is 5.91 Å². The van der Waals surface area contributed by atoms with Crippen molar-refractivity contribution in [1.29, 1.82) is 0 Å². The van der Waals surface area contributed by atoms with E-state index in [1.165, 1.54) is 25.7 Å². The average molecular weight is 225 g/mol. The van der Waals surface area contributed by atoms with Gasteiger partial charge in [0.1, 0.15) is 0 Å². The summed E-state index contributed by atoms with van der Waals surface area (Å²) in [6, 6.07) is 0. The molecule has 16 heavy (non-hydrogen) atoms. The van der Waals surface area contributed by atoms with Gasteiger partial charge in [-0.1, -0.05) is 32.3 Å². The highest BCUT2D eigenvalue weighted by molar-refractivity contribution is 5.92. The Morgan fingerprint density at radius 2 is 1.69 bits per heavy atom. The molecule has 0 aromatic rings. The number of hydrogen-bond acceptors (Lipinski definition) is 1. The van der Waals surface area contributed by atoms with Crippen LogP contribution in [0.4, 0.5) is 0 Å². The molecule has 0 saturated carbocycles. The van der Waals surface area contributed by atoms with Gasteiger partial charge in [0, 0.05) is 18.7 Å². The van der Waals surface area contributed by atoms with Crippen molar-refractivity contribution in [3.05, 3.63) is 11.6 Å². The minimum Gasteiger partial charge on any atom is -0.340 e. The van der Waals surface area contributed by atoms with E-state index < -0.39 is 0 Å². The molecule has 0 rings (SSSR count). The highest BCUT2D eigenvalue weighted by Crippen LogP contribution is 2.07. The lowest BCUT2D eigenvalue weighted by Crippen LogP contribution is -2.30. The Bertz CT molecular complexity index is 217. The Kier molecular flexibility index (Phi) is 8.97. The van der Waals surface area contributed by atoms with Gasteiger partial charge in [0.05, 0.1) is 0 Å². The number of hydrogen-bond donors (Lipinski definition) is 0. The number of amides is 1. The van der Waals surface area contributed by atoms with Crippen molar-refractivity contribution < 1.29 is 4.79 Å². The van der Waals surface area contributed by atoms with E-state index in [1.807, 2.05) is 25.7 Å². The second-order valence-corrected chi connectivity index (χ2v) is 4.21. The summed E-state index contributed by atoms with van der Waals surface area (Å²) in [7, 11) is 0. The van der Waals surface area contributed by atoms with Gasteiger partial charge in [0.15, 0.2) is 0 Å². The van der Waals surface area contributed by atoms with Crippen LogP contribution in [0.2, 0.25) is 0 Å². The van der Waals surface area contributed by atoms with E-state index in [2.05, 4.69) is 13.0 Å². The third-order valence-corrected chi connectivity index (χ3v) is 2.90. The lowest BCUT2D eigenvalue weighted by atomic mass is 10.1. The molecule has 2 nitrogen and oxygen atoms in total. The molecule has 0 aromatic carbocycles. The summed E-state index contributed by atoms with van der Waals surface area (Å²) in [6.45, 7) is 9.80. The lowest BCUT2D eigenvalue weighted by molar-refractivity contribution is -0.126. The van der Waals surface area contributed by atoms with Crippen molar-refractivity contribution >= 4 is 5.91 Å². The van der Waals surface area contributed by atoms with Gasteiger partial charge in [-0.2, -0.15) is 0 Å². The molecular weight excluding hydrogens is 198 g/mol. The van der Waals surface area contributed by atoms with E-state index in [9.17, 15) is 4.79 Å². The maximum absolute atomic E-state index is 11.9. The van der Waals surface area contributed by atoms with Crippen LogP contribution in [0, 0.1) is 0 Å². The highest BCUT2D eigenvalue weighted by Gasteiger charge is 2.10. The molecule has 0 atom stereocenters. The first-order valence-corrected chi connectivity index (χ1v) is 6.63. The zero-order valence-corrected chi connectivity index (χ0v) is 11.4. The summed E-state index contributed by atoms with van der Waals surface area (Å²) in [5.74, 6) is 0.195. The summed E-state index contributed by atoms with van der Waals surface area (Å²) in [5, 5.41) is 0. The van der Waals surface area contributed by atoms with Crippen LogP contribution in [0.15, 0.2) is 11.6 Å². The fourth-order valence-electron chi connectivity index (χ4n) is 1.74. The summed E-state index contributed by atoms with van der Waals surface area (Å²) < 4.78 is 0. The number of nitrogens with zero attached hydrogens (tertiary/aromatic N) is 1. The number of carbonyl (C=O) groups is 1. The van der Waals surface area contributed by atoms with E-state index >= 15 is 0 Å². The summed E-state index contributed by atoms with van der Waals surface area (Å²) in [6.07, 6.45) is 8.18. The number of allylic oxidation sites excluding steroid dienone is 1. The Labute approximate surface area is 101 Å². The van der Waals surface area contributed by atoms with Crippen LogP contribution in [0.5, 0.6) is 0 Å². The normalized spacial score (nSPS) is 11.6. The standard InChI is InChI=1S/C14H27NO/c1-5-8-9-10-11-12-13(4)14(16)15(6-2)7-3/h12H,5-11H2,1-4H3. The quantitative estimate of drug-likeness (QED) is 0.455. The van der Waals surface area contributed by atoms with E-state index in [-0.39, 0.29) is 5.91 Å². The van der Waals surface area contributed by atoms with Crippen LogP contribution in [-0.4, -0.2) is 23.9 Å². The second-order valence-electron chi connectivity index (χ2n) is 4.21. The predicted octanol–water partition coefficient (Wildman–Crippen LogP) is 3.77. The third-order valence-electron chi connectivity index (χ3n) is 2.90. The van der Waals surface area contributed by atoms with Crippen molar-refractivity contribution in [1.82, 2.24) is 4.90 Å². The number of likely N-dealkylation sites (N-methyl/N-ethyl adjacent to an activating group) is 1. The zero-order chi connectivity index (χ0) is 12.4. The summed E-state index contributed by atoms with van der Waals surface area (Å²) >= 11 is 0. The van der Waals surface area contributed by atoms with Crippen molar-refractivity contribution in [2.75, 3.05) is 13.1 Å². The molecule has 0 N–H and O–H groups in total. The molecule has 94 valence electrons. The SMILES string of the molecule is CCCCCCC=C(C)C(=O)N(CC)CC. The summed E-state index contributed by atoms with van der Waals surface area (Å²) in [4.78, 5) is 13.8. The van der Waals surface area contributed by atoms with Crippen LogP contribution in [0.3, 0.4) is 0 Å². The Hall–Kier alpha value is -0.790. The molecule has 0 heterocycles. The molecule has 1 amide bonds. The topological polar surface area (TPSA) is 20.3 Å². The molecule has 0 aliphatic rings. The van der Waals surface area contributed by atoms with Crippen LogP contribution < -0.4 is 0 Å². The van der Waals surface area contributed by atoms with Gasteiger partial charge < -0.3 is 4.90 Å².